The zero-order valence-corrected chi connectivity index (χ0v) is 13.7. The van der Waals surface area contributed by atoms with Gasteiger partial charge in [-0.25, -0.2) is 8.42 Å². The van der Waals surface area contributed by atoms with E-state index in [0.717, 1.165) is 24.2 Å². The van der Waals surface area contributed by atoms with Crippen LogP contribution in [-0.2, 0) is 9.84 Å². The topological polar surface area (TPSA) is 46.2 Å². The predicted octanol–water partition coefficient (Wildman–Crippen LogP) is 2.62. The van der Waals surface area contributed by atoms with Gasteiger partial charge < -0.3 is 5.32 Å². The van der Waals surface area contributed by atoms with Crippen LogP contribution in [0.4, 0.5) is 0 Å². The van der Waals surface area contributed by atoms with Crippen LogP contribution in [0.2, 0.25) is 0 Å². The molecule has 4 heteroatoms. The lowest BCUT2D eigenvalue weighted by Crippen LogP contribution is -2.57. The minimum Gasteiger partial charge on any atom is -0.315 e. The Hall–Kier alpha value is -0.0900. The maximum absolute atomic E-state index is 12.3. The quantitative estimate of drug-likeness (QED) is 0.820. The Labute approximate surface area is 123 Å². The van der Waals surface area contributed by atoms with E-state index in [-0.39, 0.29) is 11.5 Å². The number of hydrogen-bond donors (Lipinski definition) is 1. The lowest BCUT2D eigenvalue weighted by atomic mass is 9.48. The van der Waals surface area contributed by atoms with Crippen molar-refractivity contribution in [2.75, 3.05) is 18.6 Å². The molecule has 4 rings (SSSR count). The summed E-state index contributed by atoms with van der Waals surface area (Å²) in [6.45, 7) is 1.96. The van der Waals surface area contributed by atoms with Crippen molar-refractivity contribution in [3.05, 3.63) is 0 Å². The van der Waals surface area contributed by atoms with Crippen LogP contribution in [0.15, 0.2) is 0 Å². The van der Waals surface area contributed by atoms with Gasteiger partial charge in [0.05, 0.1) is 5.75 Å². The molecule has 0 aliphatic heterocycles. The lowest BCUT2D eigenvalue weighted by molar-refractivity contribution is -0.0685. The molecule has 1 N–H and O–H groups in total. The van der Waals surface area contributed by atoms with Gasteiger partial charge >= 0.3 is 0 Å². The molecule has 116 valence electrons. The van der Waals surface area contributed by atoms with Gasteiger partial charge in [-0.05, 0) is 75.2 Å². The van der Waals surface area contributed by atoms with E-state index in [1.807, 2.05) is 14.0 Å². The molecular weight excluding hydrogens is 270 g/mol. The third-order valence-corrected chi connectivity index (χ3v) is 7.98. The first kappa shape index (κ1) is 14.8. The minimum absolute atomic E-state index is 0.174. The highest BCUT2D eigenvalue weighted by Crippen LogP contribution is 2.61. The molecule has 0 heterocycles. The highest BCUT2D eigenvalue weighted by atomic mass is 32.2. The van der Waals surface area contributed by atoms with Gasteiger partial charge in [0.1, 0.15) is 0 Å². The normalized spacial score (nSPS) is 41.0. The fourth-order valence-electron chi connectivity index (χ4n) is 5.82. The fraction of sp³-hybridized carbons (Fsp3) is 1.00. The van der Waals surface area contributed by atoms with Gasteiger partial charge in [-0.15, -0.1) is 0 Å². The molecule has 0 spiro atoms. The summed E-state index contributed by atoms with van der Waals surface area (Å²) in [5.74, 6) is 3.34. The molecule has 0 aromatic carbocycles. The number of hydrogen-bond acceptors (Lipinski definition) is 3. The summed E-state index contributed by atoms with van der Waals surface area (Å²) in [6, 6.07) is 0.174. The molecular formula is C16H29NO2S. The van der Waals surface area contributed by atoms with E-state index in [9.17, 15) is 8.42 Å². The van der Waals surface area contributed by atoms with Crippen LogP contribution in [0, 0.1) is 23.2 Å². The van der Waals surface area contributed by atoms with Gasteiger partial charge in [0.25, 0.3) is 0 Å². The van der Waals surface area contributed by atoms with Crippen molar-refractivity contribution >= 4 is 9.84 Å². The number of sulfone groups is 1. The second kappa shape index (κ2) is 5.28. The van der Waals surface area contributed by atoms with Crippen molar-refractivity contribution in [2.24, 2.45) is 23.2 Å². The molecule has 4 aliphatic carbocycles. The monoisotopic (exact) mass is 299 g/mol. The zero-order valence-electron chi connectivity index (χ0n) is 12.9. The Morgan fingerprint density at radius 3 is 2.00 bits per heavy atom. The van der Waals surface area contributed by atoms with Crippen LogP contribution < -0.4 is 5.32 Å². The van der Waals surface area contributed by atoms with Crippen LogP contribution in [0.1, 0.15) is 51.9 Å². The molecule has 4 bridgehead atoms. The van der Waals surface area contributed by atoms with E-state index in [1.165, 1.54) is 38.5 Å². The van der Waals surface area contributed by atoms with Gasteiger partial charge in [0.2, 0.25) is 0 Å². The maximum atomic E-state index is 12.3. The summed E-state index contributed by atoms with van der Waals surface area (Å²) in [5.41, 5.74) is 0.282. The largest absolute Gasteiger partial charge is 0.315 e. The molecule has 20 heavy (non-hydrogen) atoms. The van der Waals surface area contributed by atoms with Crippen molar-refractivity contribution in [3.8, 4) is 0 Å². The second-order valence-corrected chi connectivity index (χ2v) is 9.96. The van der Waals surface area contributed by atoms with Gasteiger partial charge in [0, 0.05) is 11.8 Å². The molecule has 0 radical (unpaired) electrons. The Morgan fingerprint density at radius 2 is 1.60 bits per heavy atom. The molecule has 0 aromatic heterocycles. The standard InChI is InChI=1S/C16H29NO2S/c1-3-4-20(18,19)11-15(17-2)16-8-12-5-13(9-16)7-14(6-12)10-16/h12-15,17H,3-11H2,1-2H3. The molecule has 0 saturated heterocycles. The molecule has 4 saturated carbocycles. The Bertz CT molecular complexity index is 422. The first-order valence-corrected chi connectivity index (χ1v) is 10.2. The smallest absolute Gasteiger partial charge is 0.151 e. The van der Waals surface area contributed by atoms with Crippen LogP contribution in [0.3, 0.4) is 0 Å². The van der Waals surface area contributed by atoms with E-state index in [2.05, 4.69) is 5.32 Å². The predicted molar refractivity (Wildman–Crippen MR) is 82.4 cm³/mol. The third kappa shape index (κ3) is 2.66. The molecule has 4 fully saturated rings. The van der Waals surface area contributed by atoms with Crippen LogP contribution >= 0.6 is 0 Å². The van der Waals surface area contributed by atoms with Crippen molar-refractivity contribution < 1.29 is 8.42 Å². The number of nitrogens with one attached hydrogen (secondary N) is 1. The Balaban J connectivity index is 1.79. The number of rotatable bonds is 6. The van der Waals surface area contributed by atoms with Crippen molar-refractivity contribution in [3.63, 3.8) is 0 Å². The SMILES string of the molecule is CCCS(=O)(=O)CC(NC)C12CC3CC(CC(C3)C1)C2. The first-order chi connectivity index (χ1) is 9.46. The minimum atomic E-state index is -2.90. The highest BCUT2D eigenvalue weighted by Gasteiger charge is 2.54. The first-order valence-electron chi connectivity index (χ1n) is 8.34. The third-order valence-electron chi connectivity index (χ3n) is 6.11. The summed E-state index contributed by atoms with van der Waals surface area (Å²) >= 11 is 0. The summed E-state index contributed by atoms with van der Waals surface area (Å²) < 4.78 is 24.5. The molecule has 0 amide bonds. The molecule has 4 aliphatic rings. The van der Waals surface area contributed by atoms with Crippen LogP contribution in [0.25, 0.3) is 0 Å². The average molecular weight is 299 g/mol. The van der Waals surface area contributed by atoms with E-state index in [4.69, 9.17) is 0 Å². The zero-order chi connectivity index (χ0) is 14.4. The molecule has 0 aromatic rings. The Morgan fingerprint density at radius 1 is 1.10 bits per heavy atom. The van der Waals surface area contributed by atoms with E-state index in [0.29, 0.717) is 11.5 Å². The maximum Gasteiger partial charge on any atom is 0.151 e. The summed E-state index contributed by atoms with van der Waals surface area (Å²) in [4.78, 5) is 0. The van der Waals surface area contributed by atoms with Crippen LogP contribution in [-0.4, -0.2) is 33.0 Å². The Kier molecular flexibility index (Phi) is 3.91. The molecule has 3 nitrogen and oxygen atoms in total. The summed E-state index contributed by atoms with van der Waals surface area (Å²) in [6.07, 6.45) is 8.79. The van der Waals surface area contributed by atoms with Gasteiger partial charge in [0.15, 0.2) is 9.84 Å². The van der Waals surface area contributed by atoms with Gasteiger partial charge in [-0.1, -0.05) is 6.92 Å². The van der Waals surface area contributed by atoms with Crippen molar-refractivity contribution in [2.45, 2.75) is 57.9 Å². The van der Waals surface area contributed by atoms with Gasteiger partial charge in [-0.2, -0.15) is 0 Å². The molecule has 1 atom stereocenters. The van der Waals surface area contributed by atoms with E-state index >= 15 is 0 Å². The summed E-state index contributed by atoms with van der Waals surface area (Å²) in [7, 11) is -0.936. The average Bonchev–Trinajstić information content (AvgIpc) is 2.34. The second-order valence-electron chi connectivity index (χ2n) is 7.74. The van der Waals surface area contributed by atoms with E-state index < -0.39 is 9.84 Å². The van der Waals surface area contributed by atoms with Crippen LogP contribution in [0.5, 0.6) is 0 Å². The molecule has 1 unspecified atom stereocenters. The van der Waals surface area contributed by atoms with E-state index in [1.54, 1.807) is 0 Å². The summed E-state index contributed by atoms with van der Waals surface area (Å²) in [5, 5.41) is 3.39. The van der Waals surface area contributed by atoms with Gasteiger partial charge in [-0.3, -0.25) is 0 Å². The van der Waals surface area contributed by atoms with Crippen molar-refractivity contribution in [1.82, 2.24) is 5.32 Å². The highest BCUT2D eigenvalue weighted by molar-refractivity contribution is 7.91. The fourth-order valence-corrected chi connectivity index (χ4v) is 7.64. The van der Waals surface area contributed by atoms with Crippen molar-refractivity contribution in [1.29, 1.82) is 0 Å². The lowest BCUT2D eigenvalue weighted by Gasteiger charge is -2.59.